The summed E-state index contributed by atoms with van der Waals surface area (Å²) in [4.78, 5) is 15.2. The average molecular weight is 389 g/mol. The fraction of sp³-hybridized carbons (Fsp3) is 0.304. The molecule has 2 aliphatic heterocycles. The summed E-state index contributed by atoms with van der Waals surface area (Å²) in [7, 11) is 0. The van der Waals surface area contributed by atoms with Gasteiger partial charge < -0.3 is 14.7 Å². The van der Waals surface area contributed by atoms with Crippen molar-refractivity contribution in [2.75, 3.05) is 13.2 Å². The predicted molar refractivity (Wildman–Crippen MR) is 109 cm³/mol. The zero-order valence-electron chi connectivity index (χ0n) is 16.3. The molecule has 0 radical (unpaired) electrons. The first kappa shape index (κ1) is 17.9. The Morgan fingerprint density at radius 2 is 2.00 bits per heavy atom. The van der Waals surface area contributed by atoms with E-state index >= 15 is 0 Å². The van der Waals surface area contributed by atoms with E-state index in [2.05, 4.69) is 34.5 Å². The number of rotatable bonds is 4. The van der Waals surface area contributed by atoms with Gasteiger partial charge in [0.25, 0.3) is 5.91 Å². The second kappa shape index (κ2) is 7.04. The molecule has 6 nitrogen and oxygen atoms in total. The molecule has 2 atom stereocenters. The summed E-state index contributed by atoms with van der Waals surface area (Å²) in [6.07, 6.45) is 2.04. The van der Waals surface area contributed by atoms with Gasteiger partial charge in [0.15, 0.2) is 0 Å². The number of hydrogen-bond acceptors (Lipinski definition) is 4. The van der Waals surface area contributed by atoms with Crippen LogP contribution in [-0.4, -0.2) is 45.4 Å². The van der Waals surface area contributed by atoms with Crippen LogP contribution in [0.3, 0.4) is 0 Å². The van der Waals surface area contributed by atoms with Crippen LogP contribution in [0.1, 0.15) is 46.1 Å². The minimum absolute atomic E-state index is 0.0532. The number of nitrogens with one attached hydrogen (secondary N) is 1. The van der Waals surface area contributed by atoms with Crippen LogP contribution < -0.4 is 0 Å². The summed E-state index contributed by atoms with van der Waals surface area (Å²) in [6, 6.07) is 15.1. The Morgan fingerprint density at radius 3 is 2.72 bits per heavy atom. The number of nitrogens with zero attached hydrogens (tertiary/aromatic N) is 2. The third-order valence-corrected chi connectivity index (χ3v) is 5.84. The first-order valence-corrected chi connectivity index (χ1v) is 9.99. The number of carbonyl (C=O) groups is 1. The number of ether oxygens (including phenoxy) is 1. The molecule has 2 aromatic carbocycles. The van der Waals surface area contributed by atoms with E-state index in [-0.39, 0.29) is 23.8 Å². The van der Waals surface area contributed by atoms with Crippen molar-refractivity contribution >= 4 is 5.91 Å². The number of aromatic hydroxyl groups is 1. The van der Waals surface area contributed by atoms with Crippen molar-refractivity contribution in [3.8, 4) is 17.0 Å². The maximum absolute atomic E-state index is 13.3. The van der Waals surface area contributed by atoms with E-state index in [1.165, 1.54) is 0 Å². The molecule has 0 unspecified atom stereocenters. The van der Waals surface area contributed by atoms with Gasteiger partial charge in [0, 0.05) is 24.3 Å². The van der Waals surface area contributed by atoms with Gasteiger partial charge in [0.05, 0.1) is 12.1 Å². The minimum Gasteiger partial charge on any atom is -0.507 e. The molecule has 0 saturated carbocycles. The number of hydrogen-bond donors (Lipinski definition) is 2. The molecule has 2 N–H and O–H groups in total. The van der Waals surface area contributed by atoms with E-state index in [1.807, 2.05) is 24.0 Å². The SMILES string of the molecule is Cc1ccc([C@H]2c3c(-c4ccccc4O)n[nH]c3C(=O)N2C[C@H]2CCCO2)cc1. The summed E-state index contributed by atoms with van der Waals surface area (Å²) in [5.41, 5.74) is 4.74. The summed E-state index contributed by atoms with van der Waals surface area (Å²) in [5.74, 6) is 0.0738. The third-order valence-electron chi connectivity index (χ3n) is 5.84. The lowest BCUT2D eigenvalue weighted by Crippen LogP contribution is -2.36. The van der Waals surface area contributed by atoms with Crippen LogP contribution in [0.15, 0.2) is 48.5 Å². The molecule has 0 aliphatic carbocycles. The Morgan fingerprint density at radius 1 is 1.21 bits per heavy atom. The Balaban J connectivity index is 1.64. The van der Waals surface area contributed by atoms with E-state index < -0.39 is 0 Å². The molecule has 2 aliphatic rings. The van der Waals surface area contributed by atoms with Crippen LogP contribution in [0.2, 0.25) is 0 Å². The maximum Gasteiger partial charge on any atom is 0.273 e. The highest BCUT2D eigenvalue weighted by atomic mass is 16.5. The van der Waals surface area contributed by atoms with Crippen molar-refractivity contribution in [1.82, 2.24) is 15.1 Å². The van der Waals surface area contributed by atoms with Crippen LogP contribution in [0.5, 0.6) is 5.75 Å². The number of phenolic OH excluding ortho intramolecular Hbond substituents is 1. The lowest BCUT2D eigenvalue weighted by molar-refractivity contribution is 0.0495. The number of H-pyrrole nitrogens is 1. The smallest absolute Gasteiger partial charge is 0.273 e. The third kappa shape index (κ3) is 3.00. The zero-order chi connectivity index (χ0) is 20.0. The van der Waals surface area contributed by atoms with E-state index in [0.717, 1.165) is 36.1 Å². The van der Waals surface area contributed by atoms with Crippen LogP contribution in [0.25, 0.3) is 11.3 Å². The predicted octanol–water partition coefficient (Wildman–Crippen LogP) is 3.81. The monoisotopic (exact) mass is 389 g/mol. The molecule has 148 valence electrons. The number of aromatic nitrogens is 2. The van der Waals surface area contributed by atoms with Gasteiger partial charge in [-0.3, -0.25) is 9.89 Å². The molecule has 1 amide bonds. The van der Waals surface area contributed by atoms with Gasteiger partial charge in [-0.05, 0) is 37.5 Å². The van der Waals surface area contributed by atoms with Gasteiger partial charge in [0.1, 0.15) is 17.1 Å². The Kier molecular flexibility index (Phi) is 4.36. The van der Waals surface area contributed by atoms with Gasteiger partial charge in [-0.15, -0.1) is 0 Å². The number of aryl methyl sites for hydroxylation is 1. The highest BCUT2D eigenvalue weighted by Crippen LogP contribution is 2.44. The summed E-state index contributed by atoms with van der Waals surface area (Å²) < 4.78 is 5.82. The molecular weight excluding hydrogens is 366 g/mol. The van der Waals surface area contributed by atoms with Gasteiger partial charge in [0.2, 0.25) is 0 Å². The lowest BCUT2D eigenvalue weighted by atomic mass is 9.95. The van der Waals surface area contributed by atoms with Gasteiger partial charge >= 0.3 is 0 Å². The molecule has 5 rings (SSSR count). The van der Waals surface area contributed by atoms with Crippen molar-refractivity contribution < 1.29 is 14.6 Å². The van der Waals surface area contributed by atoms with Crippen molar-refractivity contribution in [2.24, 2.45) is 0 Å². The molecule has 0 bridgehead atoms. The average Bonchev–Trinajstić information content (AvgIpc) is 3.44. The second-order valence-electron chi connectivity index (χ2n) is 7.78. The highest BCUT2D eigenvalue weighted by molar-refractivity contribution is 6.00. The molecule has 29 heavy (non-hydrogen) atoms. The van der Waals surface area contributed by atoms with Crippen LogP contribution >= 0.6 is 0 Å². The minimum atomic E-state index is -0.268. The fourth-order valence-corrected chi connectivity index (χ4v) is 4.37. The summed E-state index contributed by atoms with van der Waals surface area (Å²) in [5, 5.41) is 17.7. The standard InChI is InChI=1S/C23H23N3O3/c1-14-8-10-15(11-9-14)22-19-20(17-6-2-3-7-18(17)27)24-25-21(19)23(28)26(22)13-16-5-4-12-29-16/h2-3,6-11,16,22,27H,4-5,12-13H2,1H3,(H,24,25)/t16-,22+/m1/s1. The number of carbonyl (C=O) groups excluding carboxylic acids is 1. The number of amides is 1. The molecular formula is C23H23N3O3. The maximum atomic E-state index is 13.3. The van der Waals surface area contributed by atoms with E-state index in [9.17, 15) is 9.90 Å². The summed E-state index contributed by atoms with van der Waals surface area (Å²) >= 11 is 0. The first-order valence-electron chi connectivity index (χ1n) is 9.99. The molecule has 0 spiro atoms. The van der Waals surface area contributed by atoms with E-state index in [1.54, 1.807) is 12.1 Å². The van der Waals surface area contributed by atoms with Crippen LogP contribution in [-0.2, 0) is 4.74 Å². The summed E-state index contributed by atoms with van der Waals surface area (Å²) in [6.45, 7) is 3.34. The number of aromatic amines is 1. The quantitative estimate of drug-likeness (QED) is 0.711. The number of fused-ring (bicyclic) bond motifs is 1. The highest BCUT2D eigenvalue weighted by Gasteiger charge is 2.43. The molecule has 6 heteroatoms. The first-order chi connectivity index (χ1) is 14.1. The number of benzene rings is 2. The van der Waals surface area contributed by atoms with Crippen LogP contribution in [0.4, 0.5) is 0 Å². The van der Waals surface area contributed by atoms with Crippen molar-refractivity contribution in [3.05, 3.63) is 70.9 Å². The lowest BCUT2D eigenvalue weighted by Gasteiger charge is -2.28. The molecule has 1 fully saturated rings. The molecule has 3 aromatic rings. The van der Waals surface area contributed by atoms with E-state index in [4.69, 9.17) is 4.74 Å². The Hall–Kier alpha value is -3.12. The number of phenols is 1. The topological polar surface area (TPSA) is 78.5 Å². The van der Waals surface area contributed by atoms with Crippen LogP contribution in [0, 0.1) is 6.92 Å². The van der Waals surface area contributed by atoms with Crippen molar-refractivity contribution in [1.29, 1.82) is 0 Å². The van der Waals surface area contributed by atoms with Gasteiger partial charge in [-0.2, -0.15) is 5.10 Å². The van der Waals surface area contributed by atoms with Crippen molar-refractivity contribution in [2.45, 2.75) is 31.9 Å². The Bertz CT molecular complexity index is 1050. The normalized spacial score (nSPS) is 21.0. The zero-order valence-corrected chi connectivity index (χ0v) is 16.3. The van der Waals surface area contributed by atoms with Gasteiger partial charge in [-0.1, -0.05) is 42.0 Å². The molecule has 1 saturated heterocycles. The number of para-hydroxylation sites is 1. The molecule has 1 aromatic heterocycles. The second-order valence-corrected chi connectivity index (χ2v) is 7.78. The fourth-order valence-electron chi connectivity index (χ4n) is 4.37. The van der Waals surface area contributed by atoms with E-state index in [0.29, 0.717) is 23.5 Å². The van der Waals surface area contributed by atoms with Gasteiger partial charge in [-0.25, -0.2) is 0 Å². The Labute approximate surface area is 169 Å². The molecule has 3 heterocycles. The largest absolute Gasteiger partial charge is 0.507 e. The van der Waals surface area contributed by atoms with Crippen molar-refractivity contribution in [3.63, 3.8) is 0 Å².